The Hall–Kier alpha value is -0.870. The first-order chi connectivity index (χ1) is 8.93. The van der Waals surface area contributed by atoms with Gasteiger partial charge in [-0.3, -0.25) is 10.1 Å². The van der Waals surface area contributed by atoms with E-state index in [1.165, 1.54) is 9.75 Å². The van der Waals surface area contributed by atoms with E-state index in [9.17, 15) is 4.79 Å². The lowest BCUT2D eigenvalue weighted by atomic mass is 10.2. The van der Waals surface area contributed by atoms with Crippen LogP contribution in [0, 0.1) is 5.92 Å². The van der Waals surface area contributed by atoms with Crippen LogP contribution in [0.25, 0.3) is 0 Å². The van der Waals surface area contributed by atoms with Crippen LogP contribution in [0.3, 0.4) is 0 Å². The van der Waals surface area contributed by atoms with E-state index in [4.69, 9.17) is 0 Å². The van der Waals surface area contributed by atoms with Crippen LogP contribution in [0.5, 0.6) is 0 Å². The predicted molar refractivity (Wildman–Crippen MR) is 82.6 cm³/mol. The maximum atomic E-state index is 11.9. The number of aryl methyl sites for hydroxylation is 1. The Balaban J connectivity index is 2.46. The minimum Gasteiger partial charge on any atom is -0.354 e. The lowest BCUT2D eigenvalue weighted by Crippen LogP contribution is -2.44. The van der Waals surface area contributed by atoms with Gasteiger partial charge in [0, 0.05) is 22.3 Å². The Morgan fingerprint density at radius 3 is 2.47 bits per heavy atom. The fourth-order valence-corrected chi connectivity index (χ4v) is 2.77. The molecule has 4 heteroatoms. The van der Waals surface area contributed by atoms with Gasteiger partial charge in [0.15, 0.2) is 0 Å². The SMILES string of the molecule is CCc1ccc(C(C)NC(C)C(=O)NCC(C)C)s1. The van der Waals surface area contributed by atoms with E-state index in [1.54, 1.807) is 0 Å². The maximum Gasteiger partial charge on any atom is 0.236 e. The number of nitrogens with one attached hydrogen (secondary N) is 2. The second-order valence-corrected chi connectivity index (χ2v) is 6.61. The summed E-state index contributed by atoms with van der Waals surface area (Å²) in [4.78, 5) is 14.6. The summed E-state index contributed by atoms with van der Waals surface area (Å²) >= 11 is 1.82. The summed E-state index contributed by atoms with van der Waals surface area (Å²) in [6.07, 6.45) is 1.07. The molecule has 0 aliphatic rings. The number of carbonyl (C=O) groups excluding carboxylic acids is 1. The highest BCUT2D eigenvalue weighted by Gasteiger charge is 2.17. The molecule has 0 saturated heterocycles. The molecule has 0 aliphatic heterocycles. The number of hydrogen-bond donors (Lipinski definition) is 2. The van der Waals surface area contributed by atoms with Crippen LogP contribution >= 0.6 is 11.3 Å². The first-order valence-corrected chi connectivity index (χ1v) is 7.88. The van der Waals surface area contributed by atoms with Crippen molar-refractivity contribution in [2.24, 2.45) is 5.92 Å². The van der Waals surface area contributed by atoms with Crippen molar-refractivity contribution < 1.29 is 4.79 Å². The van der Waals surface area contributed by atoms with Gasteiger partial charge in [-0.05, 0) is 38.3 Å². The molecule has 0 aliphatic carbocycles. The summed E-state index contributed by atoms with van der Waals surface area (Å²) in [7, 11) is 0. The standard InChI is InChI=1S/C15H26N2OS/c1-6-13-7-8-14(19-13)11(4)17-12(5)15(18)16-9-10(2)3/h7-8,10-12,17H,6,9H2,1-5H3,(H,16,18). The minimum atomic E-state index is -0.166. The topological polar surface area (TPSA) is 41.1 Å². The van der Waals surface area contributed by atoms with E-state index in [2.05, 4.69) is 50.5 Å². The van der Waals surface area contributed by atoms with Crippen molar-refractivity contribution in [1.82, 2.24) is 10.6 Å². The highest BCUT2D eigenvalue weighted by atomic mass is 32.1. The van der Waals surface area contributed by atoms with Crippen LogP contribution in [0.2, 0.25) is 0 Å². The lowest BCUT2D eigenvalue weighted by Gasteiger charge is -2.19. The second-order valence-electron chi connectivity index (χ2n) is 5.41. The lowest BCUT2D eigenvalue weighted by molar-refractivity contribution is -0.123. The molecule has 0 saturated carbocycles. The number of rotatable bonds is 7. The first kappa shape index (κ1) is 16.2. The Kier molecular flexibility index (Phi) is 6.52. The van der Waals surface area contributed by atoms with Gasteiger partial charge in [-0.1, -0.05) is 20.8 Å². The predicted octanol–water partition coefficient (Wildman–Crippen LogP) is 3.12. The van der Waals surface area contributed by atoms with Crippen molar-refractivity contribution in [2.75, 3.05) is 6.54 Å². The van der Waals surface area contributed by atoms with Crippen LogP contribution in [0.15, 0.2) is 12.1 Å². The van der Waals surface area contributed by atoms with E-state index < -0.39 is 0 Å². The third kappa shape index (κ3) is 5.33. The van der Waals surface area contributed by atoms with E-state index in [0.29, 0.717) is 5.92 Å². The van der Waals surface area contributed by atoms with Gasteiger partial charge in [0.25, 0.3) is 0 Å². The van der Waals surface area contributed by atoms with Gasteiger partial charge >= 0.3 is 0 Å². The van der Waals surface area contributed by atoms with Crippen molar-refractivity contribution in [3.63, 3.8) is 0 Å². The summed E-state index contributed by atoms with van der Waals surface area (Å²) in [5.74, 6) is 0.561. The monoisotopic (exact) mass is 282 g/mol. The summed E-state index contributed by atoms with van der Waals surface area (Å²) in [5.41, 5.74) is 0. The summed E-state index contributed by atoms with van der Waals surface area (Å²) in [6, 6.07) is 4.37. The Morgan fingerprint density at radius 2 is 1.95 bits per heavy atom. The molecule has 19 heavy (non-hydrogen) atoms. The van der Waals surface area contributed by atoms with Gasteiger partial charge in [-0.2, -0.15) is 0 Å². The van der Waals surface area contributed by atoms with Gasteiger partial charge in [0.05, 0.1) is 6.04 Å². The molecule has 1 heterocycles. The van der Waals surface area contributed by atoms with Gasteiger partial charge in [-0.25, -0.2) is 0 Å². The molecular formula is C15H26N2OS. The third-order valence-electron chi connectivity index (χ3n) is 3.04. The van der Waals surface area contributed by atoms with Crippen LogP contribution < -0.4 is 10.6 Å². The van der Waals surface area contributed by atoms with E-state index in [1.807, 2.05) is 18.3 Å². The van der Waals surface area contributed by atoms with Crippen LogP contribution in [-0.2, 0) is 11.2 Å². The normalized spacial score (nSPS) is 14.4. The number of carbonyl (C=O) groups is 1. The smallest absolute Gasteiger partial charge is 0.236 e. The molecule has 2 unspecified atom stereocenters. The molecule has 0 spiro atoms. The van der Waals surface area contributed by atoms with E-state index >= 15 is 0 Å². The second kappa shape index (κ2) is 7.65. The van der Waals surface area contributed by atoms with Crippen molar-refractivity contribution in [3.8, 4) is 0 Å². The maximum absolute atomic E-state index is 11.9. The largest absolute Gasteiger partial charge is 0.354 e. The molecular weight excluding hydrogens is 256 g/mol. The number of amides is 1. The van der Waals surface area contributed by atoms with E-state index in [-0.39, 0.29) is 18.0 Å². The number of hydrogen-bond acceptors (Lipinski definition) is 3. The van der Waals surface area contributed by atoms with Crippen LogP contribution in [0.4, 0.5) is 0 Å². The molecule has 1 rings (SSSR count). The summed E-state index contributed by atoms with van der Waals surface area (Å²) < 4.78 is 0. The van der Waals surface area contributed by atoms with Crippen LogP contribution in [0.1, 0.15) is 50.4 Å². The molecule has 1 aromatic rings. The van der Waals surface area contributed by atoms with Gasteiger partial charge in [0.1, 0.15) is 0 Å². The molecule has 1 aromatic heterocycles. The zero-order chi connectivity index (χ0) is 14.4. The average molecular weight is 282 g/mol. The molecule has 2 atom stereocenters. The molecule has 0 radical (unpaired) electrons. The summed E-state index contributed by atoms with van der Waals surface area (Å²) in [5, 5.41) is 6.31. The molecule has 3 nitrogen and oxygen atoms in total. The Morgan fingerprint density at radius 1 is 1.26 bits per heavy atom. The molecule has 0 fully saturated rings. The fourth-order valence-electron chi connectivity index (χ4n) is 1.81. The third-order valence-corrected chi connectivity index (χ3v) is 4.45. The van der Waals surface area contributed by atoms with Gasteiger partial charge in [0.2, 0.25) is 5.91 Å². The highest BCUT2D eigenvalue weighted by Crippen LogP contribution is 2.23. The van der Waals surface area contributed by atoms with Crippen molar-refractivity contribution in [2.45, 2.75) is 53.1 Å². The zero-order valence-corrected chi connectivity index (χ0v) is 13.4. The number of thiophene rings is 1. The molecule has 1 amide bonds. The zero-order valence-electron chi connectivity index (χ0n) is 12.6. The van der Waals surface area contributed by atoms with Crippen molar-refractivity contribution >= 4 is 17.2 Å². The van der Waals surface area contributed by atoms with Gasteiger partial charge < -0.3 is 5.32 Å². The molecule has 2 N–H and O–H groups in total. The van der Waals surface area contributed by atoms with Crippen molar-refractivity contribution in [1.29, 1.82) is 0 Å². The Labute approximate surface area is 120 Å². The minimum absolute atomic E-state index is 0.0767. The molecule has 0 bridgehead atoms. The Bertz CT molecular complexity index is 401. The first-order valence-electron chi connectivity index (χ1n) is 7.06. The highest BCUT2D eigenvalue weighted by molar-refractivity contribution is 7.12. The van der Waals surface area contributed by atoms with Gasteiger partial charge in [-0.15, -0.1) is 11.3 Å². The fraction of sp³-hybridized carbons (Fsp3) is 0.667. The van der Waals surface area contributed by atoms with Crippen LogP contribution in [-0.4, -0.2) is 18.5 Å². The average Bonchev–Trinajstić information content (AvgIpc) is 2.84. The van der Waals surface area contributed by atoms with E-state index in [0.717, 1.165) is 13.0 Å². The quantitative estimate of drug-likeness (QED) is 0.807. The summed E-state index contributed by atoms with van der Waals surface area (Å²) in [6.45, 7) is 11.1. The molecule has 0 aromatic carbocycles. The van der Waals surface area contributed by atoms with Crippen molar-refractivity contribution in [3.05, 3.63) is 21.9 Å². The molecule has 108 valence electrons.